The number of benzene rings is 2. The lowest BCUT2D eigenvalue weighted by atomic mass is 9.77. The molecule has 4 aromatic rings. The maximum absolute atomic E-state index is 13.6. The summed E-state index contributed by atoms with van der Waals surface area (Å²) in [6, 6.07) is 12.8. The predicted octanol–water partition coefficient (Wildman–Crippen LogP) is 5.46. The Kier molecular flexibility index (Phi) is 4.30. The topological polar surface area (TPSA) is 89.9 Å². The van der Waals surface area contributed by atoms with Gasteiger partial charge >= 0.3 is 0 Å². The lowest BCUT2D eigenvalue weighted by molar-refractivity contribution is 0.0734. The lowest BCUT2D eigenvalue weighted by Crippen LogP contribution is -2.44. The molecule has 2 aromatic heterocycles. The molecule has 0 radical (unpaired) electrons. The fourth-order valence-corrected chi connectivity index (χ4v) is 7.14. The van der Waals surface area contributed by atoms with Gasteiger partial charge in [-0.25, -0.2) is 15.0 Å². The Labute approximate surface area is 222 Å². The van der Waals surface area contributed by atoms with E-state index in [1.54, 1.807) is 0 Å². The van der Waals surface area contributed by atoms with Crippen LogP contribution in [0.25, 0.3) is 22.2 Å². The molecule has 2 aliphatic carbocycles. The highest BCUT2D eigenvalue weighted by Gasteiger charge is 2.51. The van der Waals surface area contributed by atoms with E-state index in [0.29, 0.717) is 5.92 Å². The van der Waals surface area contributed by atoms with Crippen molar-refractivity contribution in [3.05, 3.63) is 77.1 Å². The molecule has 38 heavy (non-hydrogen) atoms. The van der Waals surface area contributed by atoms with Crippen LogP contribution in [0.5, 0.6) is 0 Å². The molecule has 2 saturated carbocycles. The molecular weight excluding hydrogens is 472 g/mol. The number of carbonyl (C=O) groups excluding carboxylic acids is 1. The number of nitrogens with two attached hydrogens (primary N) is 1. The molecule has 2 bridgehead atoms. The first kappa shape index (κ1) is 22.4. The molecule has 2 aliphatic heterocycles. The van der Waals surface area contributed by atoms with E-state index in [-0.39, 0.29) is 28.9 Å². The van der Waals surface area contributed by atoms with Crippen molar-refractivity contribution in [3.63, 3.8) is 0 Å². The van der Waals surface area contributed by atoms with Crippen LogP contribution in [0.15, 0.2) is 48.8 Å². The summed E-state index contributed by atoms with van der Waals surface area (Å²) in [5.41, 5.74) is 13.8. The minimum absolute atomic E-state index is 0.0401. The van der Waals surface area contributed by atoms with Crippen LogP contribution in [0.2, 0.25) is 0 Å². The first-order chi connectivity index (χ1) is 18.2. The summed E-state index contributed by atoms with van der Waals surface area (Å²) >= 11 is 0. The molecule has 0 spiro atoms. The van der Waals surface area contributed by atoms with Gasteiger partial charge in [0.05, 0.1) is 28.7 Å². The quantitative estimate of drug-likeness (QED) is 0.400. The zero-order chi connectivity index (χ0) is 26.0. The largest absolute Gasteiger partial charge is 0.331 e. The van der Waals surface area contributed by atoms with Crippen molar-refractivity contribution in [1.29, 1.82) is 0 Å². The summed E-state index contributed by atoms with van der Waals surface area (Å²) in [5.74, 6) is 2.31. The van der Waals surface area contributed by atoms with Crippen LogP contribution < -0.4 is 5.73 Å². The summed E-state index contributed by atoms with van der Waals surface area (Å²) in [5, 5.41) is 0. The summed E-state index contributed by atoms with van der Waals surface area (Å²) < 4.78 is 2.41. The fourth-order valence-electron chi connectivity index (χ4n) is 7.14. The second kappa shape index (κ2) is 7.29. The van der Waals surface area contributed by atoms with E-state index in [0.717, 1.165) is 71.5 Å². The number of hydrogen-bond donors (Lipinski definition) is 1. The van der Waals surface area contributed by atoms with E-state index < -0.39 is 0 Å². The van der Waals surface area contributed by atoms with Crippen molar-refractivity contribution in [2.24, 2.45) is 11.1 Å². The van der Waals surface area contributed by atoms with Crippen LogP contribution in [0.4, 0.5) is 0 Å². The number of amides is 1. The van der Waals surface area contributed by atoms with Gasteiger partial charge in [-0.2, -0.15) is 0 Å². The van der Waals surface area contributed by atoms with Crippen LogP contribution >= 0.6 is 0 Å². The van der Waals surface area contributed by atoms with Gasteiger partial charge in [0.25, 0.3) is 5.91 Å². The van der Waals surface area contributed by atoms with E-state index in [1.807, 2.05) is 30.4 Å². The Morgan fingerprint density at radius 1 is 1.03 bits per heavy atom. The van der Waals surface area contributed by atoms with Gasteiger partial charge in [-0.05, 0) is 71.9 Å². The van der Waals surface area contributed by atoms with Gasteiger partial charge in [0.15, 0.2) is 0 Å². The monoisotopic (exact) mass is 504 g/mol. The van der Waals surface area contributed by atoms with Crippen molar-refractivity contribution in [3.8, 4) is 11.1 Å². The average molecular weight is 505 g/mol. The highest BCUT2D eigenvalue weighted by molar-refractivity contribution is 5.97. The molecule has 2 N–H and O–H groups in total. The molecule has 4 aliphatic rings. The number of imidazole rings is 1. The van der Waals surface area contributed by atoms with Gasteiger partial charge in [0.1, 0.15) is 11.6 Å². The van der Waals surface area contributed by atoms with Crippen molar-refractivity contribution in [1.82, 2.24) is 24.4 Å². The maximum atomic E-state index is 13.6. The number of hydrogen-bond acceptors (Lipinski definition) is 5. The molecule has 8 rings (SSSR count). The summed E-state index contributed by atoms with van der Waals surface area (Å²) in [6.45, 7) is 4.66. The normalized spacial score (nSPS) is 26.1. The molecule has 7 nitrogen and oxygen atoms in total. The van der Waals surface area contributed by atoms with Crippen molar-refractivity contribution < 1.29 is 4.79 Å². The first-order valence-corrected chi connectivity index (χ1v) is 13.8. The smallest absolute Gasteiger partial charge is 0.254 e. The highest BCUT2D eigenvalue weighted by Crippen LogP contribution is 2.61. The Balaban J connectivity index is 1.28. The lowest BCUT2D eigenvalue weighted by Gasteiger charge is -2.36. The van der Waals surface area contributed by atoms with Gasteiger partial charge in [-0.3, -0.25) is 4.79 Å². The predicted molar refractivity (Wildman–Crippen MR) is 146 cm³/mol. The Hall–Kier alpha value is -3.58. The third-order valence-corrected chi connectivity index (χ3v) is 9.83. The number of nitrogens with zero attached hydrogens (tertiary/aromatic N) is 5. The molecule has 2 fully saturated rings. The van der Waals surface area contributed by atoms with E-state index in [9.17, 15) is 4.79 Å². The van der Waals surface area contributed by atoms with Gasteiger partial charge in [0.2, 0.25) is 0 Å². The second-order valence-corrected chi connectivity index (χ2v) is 12.6. The van der Waals surface area contributed by atoms with Crippen LogP contribution in [0.1, 0.15) is 97.1 Å². The zero-order valence-electron chi connectivity index (χ0n) is 22.1. The molecule has 3 atom stereocenters. The molecular formula is C31H32N6O. The fraction of sp³-hybridized carbons (Fsp3) is 0.419. The van der Waals surface area contributed by atoms with Crippen LogP contribution in [-0.4, -0.2) is 37.4 Å². The molecule has 4 heterocycles. The van der Waals surface area contributed by atoms with Crippen molar-refractivity contribution in [2.45, 2.75) is 69.5 Å². The van der Waals surface area contributed by atoms with Gasteiger partial charge in [0, 0.05) is 37.0 Å². The Bertz CT molecular complexity index is 1650. The number of rotatable bonds is 3. The minimum Gasteiger partial charge on any atom is -0.331 e. The summed E-state index contributed by atoms with van der Waals surface area (Å²) in [6.07, 6.45) is 8.84. The standard InChI is InChI=1S/C31H32N6O/c1-30(2)14-21(30)19-6-4-7-20-26(19)24-13-25(36(3)28(20)38)27-35-22-9-8-17(12-23(22)37(24)27)18-15-33-29(34-16-18)31(32)10-5-11-31/h4,6-9,12,15-16,21,24-25H,5,10-11,13-14,32H2,1-3H3/t21?,24-,25-/m0/s1. The minimum atomic E-state index is -0.366. The van der Waals surface area contributed by atoms with Crippen molar-refractivity contribution in [2.75, 3.05) is 7.05 Å². The third-order valence-electron chi connectivity index (χ3n) is 9.83. The second-order valence-electron chi connectivity index (χ2n) is 12.6. The zero-order valence-corrected chi connectivity index (χ0v) is 22.1. The van der Waals surface area contributed by atoms with E-state index in [1.165, 1.54) is 11.1 Å². The van der Waals surface area contributed by atoms with E-state index in [4.69, 9.17) is 10.7 Å². The Morgan fingerprint density at radius 3 is 2.47 bits per heavy atom. The van der Waals surface area contributed by atoms with E-state index >= 15 is 0 Å². The number of aromatic nitrogens is 4. The van der Waals surface area contributed by atoms with Crippen LogP contribution in [-0.2, 0) is 5.54 Å². The molecule has 1 unspecified atom stereocenters. The summed E-state index contributed by atoms with van der Waals surface area (Å²) in [4.78, 5) is 29.9. The molecule has 1 amide bonds. The maximum Gasteiger partial charge on any atom is 0.254 e. The van der Waals surface area contributed by atoms with Gasteiger partial charge < -0.3 is 15.2 Å². The van der Waals surface area contributed by atoms with Crippen molar-refractivity contribution >= 4 is 16.9 Å². The van der Waals surface area contributed by atoms with Gasteiger partial charge in [-0.1, -0.05) is 32.0 Å². The van der Waals surface area contributed by atoms with Crippen LogP contribution in [0, 0.1) is 5.41 Å². The number of carbonyl (C=O) groups is 1. The summed E-state index contributed by atoms with van der Waals surface area (Å²) in [7, 11) is 1.93. The molecule has 2 aromatic carbocycles. The third kappa shape index (κ3) is 2.94. The Morgan fingerprint density at radius 2 is 1.79 bits per heavy atom. The average Bonchev–Trinajstić information content (AvgIpc) is 3.24. The van der Waals surface area contributed by atoms with E-state index in [2.05, 4.69) is 58.7 Å². The highest BCUT2D eigenvalue weighted by atomic mass is 16.2. The number of fused-ring (bicyclic) bond motifs is 9. The van der Waals surface area contributed by atoms with Crippen LogP contribution in [0.3, 0.4) is 0 Å². The SMILES string of the molecule is CN1C(=O)c2cccc(C3CC3(C)C)c2[C@@H]2C[C@H]1c1nc3ccc(-c4cnc(C5(N)CCC5)nc4)cc3n12. The molecule has 7 heteroatoms. The molecule has 192 valence electrons. The first-order valence-electron chi connectivity index (χ1n) is 13.8. The molecule has 0 saturated heterocycles. The van der Waals surface area contributed by atoms with Gasteiger partial charge in [-0.15, -0.1) is 0 Å².